The fourth-order valence-corrected chi connectivity index (χ4v) is 0.956. The fraction of sp³-hybridized carbons (Fsp3) is 0.500. The summed E-state index contributed by atoms with van der Waals surface area (Å²) in [6.45, 7) is 6.03. The SMILES string of the molecule is CC(C)(C)C(O)COc1ccc(F)cc1. The third kappa shape index (κ3) is 3.88. The Labute approximate surface area is 89.7 Å². The van der Waals surface area contributed by atoms with Gasteiger partial charge in [0, 0.05) is 0 Å². The van der Waals surface area contributed by atoms with Crippen LogP contribution in [0.1, 0.15) is 20.8 Å². The van der Waals surface area contributed by atoms with Gasteiger partial charge < -0.3 is 9.84 Å². The van der Waals surface area contributed by atoms with Gasteiger partial charge in [-0.15, -0.1) is 0 Å². The highest BCUT2D eigenvalue weighted by Gasteiger charge is 2.22. The first-order chi connectivity index (χ1) is 6.89. The normalized spacial score (nSPS) is 13.7. The summed E-state index contributed by atoms with van der Waals surface area (Å²) in [5.41, 5.74) is -0.208. The lowest BCUT2D eigenvalue weighted by molar-refractivity contribution is 0.0218. The molecule has 0 spiro atoms. The summed E-state index contributed by atoms with van der Waals surface area (Å²) in [6, 6.07) is 5.76. The van der Waals surface area contributed by atoms with Gasteiger partial charge in [-0.25, -0.2) is 4.39 Å². The molecular weight excluding hydrogens is 195 g/mol. The highest BCUT2D eigenvalue weighted by molar-refractivity contribution is 5.22. The second kappa shape index (κ2) is 4.62. The fourth-order valence-electron chi connectivity index (χ4n) is 0.956. The Morgan fingerprint density at radius 3 is 2.27 bits per heavy atom. The van der Waals surface area contributed by atoms with E-state index in [9.17, 15) is 9.50 Å². The zero-order valence-electron chi connectivity index (χ0n) is 9.33. The largest absolute Gasteiger partial charge is 0.491 e. The lowest BCUT2D eigenvalue weighted by Gasteiger charge is -2.25. The van der Waals surface area contributed by atoms with Gasteiger partial charge >= 0.3 is 0 Å². The van der Waals surface area contributed by atoms with Gasteiger partial charge in [0.05, 0.1) is 6.10 Å². The molecule has 1 aromatic carbocycles. The molecule has 0 bridgehead atoms. The summed E-state index contributed by atoms with van der Waals surface area (Å²) in [7, 11) is 0. The zero-order valence-corrected chi connectivity index (χ0v) is 9.33. The summed E-state index contributed by atoms with van der Waals surface area (Å²) in [5, 5.41) is 9.70. The van der Waals surface area contributed by atoms with Crippen LogP contribution in [0.25, 0.3) is 0 Å². The van der Waals surface area contributed by atoms with Gasteiger partial charge in [0.15, 0.2) is 0 Å². The molecule has 0 saturated heterocycles. The summed E-state index contributed by atoms with van der Waals surface area (Å²) >= 11 is 0. The molecule has 0 heterocycles. The zero-order chi connectivity index (χ0) is 11.5. The monoisotopic (exact) mass is 212 g/mol. The maximum absolute atomic E-state index is 12.6. The van der Waals surface area contributed by atoms with E-state index in [0.717, 1.165) is 0 Å². The standard InChI is InChI=1S/C12H17FO2/c1-12(2,3)11(14)8-15-10-6-4-9(13)5-7-10/h4-7,11,14H,8H2,1-3H3. The van der Waals surface area contributed by atoms with Crippen molar-refractivity contribution in [2.45, 2.75) is 26.9 Å². The molecule has 0 aliphatic heterocycles. The Hall–Kier alpha value is -1.09. The second-order valence-electron chi connectivity index (χ2n) is 4.65. The number of aliphatic hydroxyl groups excluding tert-OH is 1. The molecular formula is C12H17FO2. The molecule has 1 rings (SSSR count). The molecule has 2 nitrogen and oxygen atoms in total. The van der Waals surface area contributed by atoms with Crippen molar-refractivity contribution < 1.29 is 14.2 Å². The molecule has 84 valence electrons. The second-order valence-corrected chi connectivity index (χ2v) is 4.65. The Bertz CT molecular complexity index is 300. The number of rotatable bonds is 3. The average Bonchev–Trinajstić information content (AvgIpc) is 2.15. The van der Waals surface area contributed by atoms with E-state index in [1.165, 1.54) is 12.1 Å². The smallest absolute Gasteiger partial charge is 0.123 e. The van der Waals surface area contributed by atoms with Gasteiger partial charge in [-0.2, -0.15) is 0 Å². The number of benzene rings is 1. The topological polar surface area (TPSA) is 29.5 Å². The van der Waals surface area contributed by atoms with Crippen LogP contribution in [0.15, 0.2) is 24.3 Å². The van der Waals surface area contributed by atoms with E-state index in [1.807, 2.05) is 20.8 Å². The lowest BCUT2D eigenvalue weighted by Crippen LogP contribution is -2.31. The Morgan fingerprint density at radius 2 is 1.80 bits per heavy atom. The minimum atomic E-state index is -0.539. The van der Waals surface area contributed by atoms with Crippen molar-refractivity contribution in [2.24, 2.45) is 5.41 Å². The van der Waals surface area contributed by atoms with Crippen molar-refractivity contribution in [3.05, 3.63) is 30.1 Å². The number of hydrogen-bond acceptors (Lipinski definition) is 2. The summed E-state index contributed by atoms with van der Waals surface area (Å²) in [5.74, 6) is 0.276. The van der Waals surface area contributed by atoms with Gasteiger partial charge in [-0.05, 0) is 29.7 Å². The molecule has 0 aliphatic rings. The molecule has 1 N–H and O–H groups in total. The molecule has 0 radical (unpaired) electrons. The molecule has 3 heteroatoms. The third-order valence-electron chi connectivity index (χ3n) is 2.22. The van der Waals surface area contributed by atoms with E-state index in [1.54, 1.807) is 12.1 Å². The quantitative estimate of drug-likeness (QED) is 0.834. The van der Waals surface area contributed by atoms with Crippen molar-refractivity contribution >= 4 is 0 Å². The van der Waals surface area contributed by atoms with Crippen molar-refractivity contribution in [3.63, 3.8) is 0 Å². The van der Waals surface area contributed by atoms with Gasteiger partial charge in [0.2, 0.25) is 0 Å². The van der Waals surface area contributed by atoms with Crippen LogP contribution in [0.5, 0.6) is 5.75 Å². The van der Waals surface area contributed by atoms with Crippen LogP contribution in [0.2, 0.25) is 0 Å². The maximum atomic E-state index is 12.6. The van der Waals surface area contributed by atoms with Crippen molar-refractivity contribution in [1.82, 2.24) is 0 Å². The molecule has 0 amide bonds. The Morgan fingerprint density at radius 1 is 1.27 bits per heavy atom. The average molecular weight is 212 g/mol. The summed E-state index contributed by atoms with van der Waals surface area (Å²) < 4.78 is 17.9. The highest BCUT2D eigenvalue weighted by Crippen LogP contribution is 2.20. The number of ether oxygens (including phenoxy) is 1. The predicted molar refractivity (Wildman–Crippen MR) is 57.4 cm³/mol. The summed E-state index contributed by atoms with van der Waals surface area (Å²) in [4.78, 5) is 0. The molecule has 0 aromatic heterocycles. The van der Waals surface area contributed by atoms with E-state index in [4.69, 9.17) is 4.74 Å². The molecule has 1 unspecified atom stereocenters. The molecule has 0 fully saturated rings. The molecule has 1 atom stereocenters. The predicted octanol–water partition coefficient (Wildman–Crippen LogP) is 2.61. The van der Waals surface area contributed by atoms with E-state index in [0.29, 0.717) is 5.75 Å². The van der Waals surface area contributed by atoms with E-state index < -0.39 is 6.10 Å². The maximum Gasteiger partial charge on any atom is 0.123 e. The van der Waals surface area contributed by atoms with Crippen LogP contribution in [0.3, 0.4) is 0 Å². The third-order valence-corrected chi connectivity index (χ3v) is 2.22. The van der Waals surface area contributed by atoms with E-state index in [-0.39, 0.29) is 17.8 Å². The first kappa shape index (κ1) is 12.0. The number of hydrogen-bond donors (Lipinski definition) is 1. The first-order valence-corrected chi connectivity index (χ1v) is 4.96. The minimum Gasteiger partial charge on any atom is -0.491 e. The lowest BCUT2D eigenvalue weighted by atomic mass is 9.90. The molecule has 0 aliphatic carbocycles. The molecule has 15 heavy (non-hydrogen) atoms. The van der Waals surface area contributed by atoms with Crippen molar-refractivity contribution in [2.75, 3.05) is 6.61 Å². The Kier molecular flexibility index (Phi) is 3.69. The van der Waals surface area contributed by atoms with Crippen molar-refractivity contribution in [3.8, 4) is 5.75 Å². The minimum absolute atomic E-state index is 0.208. The van der Waals surface area contributed by atoms with Gasteiger partial charge in [-0.3, -0.25) is 0 Å². The van der Waals surface area contributed by atoms with Crippen LogP contribution in [0.4, 0.5) is 4.39 Å². The van der Waals surface area contributed by atoms with Gasteiger partial charge in [-0.1, -0.05) is 20.8 Å². The van der Waals surface area contributed by atoms with Crippen molar-refractivity contribution in [1.29, 1.82) is 0 Å². The number of halogens is 1. The Balaban J connectivity index is 2.47. The summed E-state index contributed by atoms with van der Waals surface area (Å²) in [6.07, 6.45) is -0.539. The van der Waals surface area contributed by atoms with Crippen LogP contribution in [-0.4, -0.2) is 17.8 Å². The molecule has 0 saturated carbocycles. The van der Waals surface area contributed by atoms with Gasteiger partial charge in [0.25, 0.3) is 0 Å². The molecule has 1 aromatic rings. The van der Waals surface area contributed by atoms with Crippen LogP contribution in [-0.2, 0) is 0 Å². The van der Waals surface area contributed by atoms with Crippen LogP contribution in [0, 0.1) is 11.2 Å². The first-order valence-electron chi connectivity index (χ1n) is 4.96. The number of aliphatic hydroxyl groups is 1. The van der Waals surface area contributed by atoms with E-state index >= 15 is 0 Å². The van der Waals surface area contributed by atoms with E-state index in [2.05, 4.69) is 0 Å². The van der Waals surface area contributed by atoms with Crippen LogP contribution < -0.4 is 4.74 Å². The van der Waals surface area contributed by atoms with Gasteiger partial charge in [0.1, 0.15) is 18.2 Å². The van der Waals surface area contributed by atoms with Crippen LogP contribution >= 0.6 is 0 Å². The highest BCUT2D eigenvalue weighted by atomic mass is 19.1.